The highest BCUT2D eigenvalue weighted by Crippen LogP contribution is 2.33. The second kappa shape index (κ2) is 6.41. The first-order chi connectivity index (χ1) is 7.99. The van der Waals surface area contributed by atoms with Crippen molar-refractivity contribution in [2.45, 2.75) is 58.5 Å². The Morgan fingerprint density at radius 1 is 1.35 bits per heavy atom. The van der Waals surface area contributed by atoms with Crippen LogP contribution in [0.4, 0.5) is 0 Å². The van der Waals surface area contributed by atoms with Gasteiger partial charge < -0.3 is 5.11 Å². The smallest absolute Gasteiger partial charge is 0.132 e. The molecule has 17 heavy (non-hydrogen) atoms. The van der Waals surface area contributed by atoms with E-state index in [-0.39, 0.29) is 5.92 Å². The number of aliphatic hydroxyl groups is 1. The predicted octanol–water partition coefficient (Wildman–Crippen LogP) is 3.81. The van der Waals surface area contributed by atoms with Gasteiger partial charge in [0, 0.05) is 12.6 Å². The maximum atomic E-state index is 10.2. The highest BCUT2D eigenvalue weighted by atomic mass is 35.5. The molecule has 1 aromatic rings. The maximum Gasteiger partial charge on any atom is 0.132 e. The van der Waals surface area contributed by atoms with Gasteiger partial charge in [-0.25, -0.2) is 0 Å². The van der Waals surface area contributed by atoms with Crippen LogP contribution in [-0.4, -0.2) is 14.9 Å². The fourth-order valence-electron chi connectivity index (χ4n) is 2.01. The summed E-state index contributed by atoms with van der Waals surface area (Å²) in [6.45, 7) is 6.30. The van der Waals surface area contributed by atoms with Gasteiger partial charge in [-0.1, -0.05) is 51.6 Å². The number of hydrogen-bond donors (Lipinski definition) is 1. The quantitative estimate of drug-likeness (QED) is 0.788. The minimum Gasteiger partial charge on any atom is -0.388 e. The van der Waals surface area contributed by atoms with E-state index in [9.17, 15) is 5.11 Å². The molecule has 0 fully saturated rings. The molecule has 0 aliphatic heterocycles. The van der Waals surface area contributed by atoms with Crippen LogP contribution in [-0.2, 0) is 7.05 Å². The maximum absolute atomic E-state index is 10.2. The van der Waals surface area contributed by atoms with E-state index in [1.165, 1.54) is 0 Å². The summed E-state index contributed by atoms with van der Waals surface area (Å²) in [4.78, 5) is 0. The molecule has 0 saturated carbocycles. The number of halogens is 1. The summed E-state index contributed by atoms with van der Waals surface area (Å²) < 4.78 is 1.65. The zero-order valence-corrected chi connectivity index (χ0v) is 12.0. The molecule has 0 radical (unpaired) electrons. The highest BCUT2D eigenvalue weighted by Gasteiger charge is 2.22. The van der Waals surface area contributed by atoms with E-state index in [0.717, 1.165) is 36.9 Å². The van der Waals surface area contributed by atoms with Crippen LogP contribution in [0.1, 0.15) is 69.7 Å². The van der Waals surface area contributed by atoms with E-state index in [0.29, 0.717) is 5.15 Å². The Labute approximate surface area is 109 Å². The molecule has 0 amide bonds. The van der Waals surface area contributed by atoms with Gasteiger partial charge in [-0.3, -0.25) is 4.68 Å². The third-order valence-electron chi connectivity index (χ3n) is 3.00. The average molecular weight is 259 g/mol. The molecule has 1 N–H and O–H groups in total. The number of unbranched alkanes of at least 4 members (excludes halogenated alkanes) is 2. The average Bonchev–Trinajstić information content (AvgIpc) is 2.56. The van der Waals surface area contributed by atoms with Crippen LogP contribution in [0, 0.1) is 0 Å². The summed E-state index contributed by atoms with van der Waals surface area (Å²) >= 11 is 6.21. The molecule has 1 aromatic heterocycles. The molecule has 1 heterocycles. The van der Waals surface area contributed by atoms with Crippen molar-refractivity contribution in [2.75, 3.05) is 0 Å². The lowest BCUT2D eigenvalue weighted by molar-refractivity contribution is 0.162. The van der Waals surface area contributed by atoms with Crippen molar-refractivity contribution in [2.24, 2.45) is 7.05 Å². The zero-order valence-electron chi connectivity index (χ0n) is 11.2. The summed E-state index contributed by atoms with van der Waals surface area (Å²) in [6.07, 6.45) is 3.61. The number of nitrogens with zero attached hydrogens (tertiary/aromatic N) is 2. The molecule has 1 atom stereocenters. The van der Waals surface area contributed by atoms with Gasteiger partial charge >= 0.3 is 0 Å². The topological polar surface area (TPSA) is 38.1 Å². The standard InChI is InChI=1S/C13H23ClN2O/c1-5-6-7-8-10(17)11-12(9(2)3)15-16(4)13(11)14/h9-10,17H,5-8H2,1-4H3. The lowest BCUT2D eigenvalue weighted by Crippen LogP contribution is -2.02. The molecule has 0 saturated heterocycles. The van der Waals surface area contributed by atoms with Crippen molar-refractivity contribution in [3.05, 3.63) is 16.4 Å². The molecule has 0 spiro atoms. The van der Waals surface area contributed by atoms with Crippen LogP contribution < -0.4 is 0 Å². The molecular formula is C13H23ClN2O. The Balaban J connectivity index is 2.87. The molecular weight excluding hydrogens is 236 g/mol. The van der Waals surface area contributed by atoms with Crippen molar-refractivity contribution in [3.8, 4) is 0 Å². The van der Waals surface area contributed by atoms with Crippen molar-refractivity contribution in [1.82, 2.24) is 9.78 Å². The number of aromatic nitrogens is 2. The Kier molecular flexibility index (Phi) is 5.47. The summed E-state index contributed by atoms with van der Waals surface area (Å²) in [6, 6.07) is 0. The first kappa shape index (κ1) is 14.5. The van der Waals surface area contributed by atoms with Crippen LogP contribution in [0.25, 0.3) is 0 Å². The largest absolute Gasteiger partial charge is 0.388 e. The van der Waals surface area contributed by atoms with Crippen LogP contribution in [0.15, 0.2) is 0 Å². The van der Waals surface area contributed by atoms with E-state index in [2.05, 4.69) is 25.9 Å². The van der Waals surface area contributed by atoms with E-state index in [1.807, 2.05) is 7.05 Å². The van der Waals surface area contributed by atoms with Gasteiger partial charge in [0.2, 0.25) is 0 Å². The van der Waals surface area contributed by atoms with Crippen LogP contribution in [0.3, 0.4) is 0 Å². The number of aliphatic hydroxyl groups excluding tert-OH is 1. The van der Waals surface area contributed by atoms with Gasteiger partial charge in [0.05, 0.1) is 11.8 Å². The number of rotatable bonds is 6. The van der Waals surface area contributed by atoms with Crippen molar-refractivity contribution >= 4 is 11.6 Å². The van der Waals surface area contributed by atoms with Gasteiger partial charge in [-0.2, -0.15) is 5.10 Å². The monoisotopic (exact) mass is 258 g/mol. The lowest BCUT2D eigenvalue weighted by Gasteiger charge is -2.12. The van der Waals surface area contributed by atoms with Gasteiger partial charge in [-0.15, -0.1) is 0 Å². The molecule has 1 rings (SSSR count). The van der Waals surface area contributed by atoms with Crippen LogP contribution >= 0.6 is 11.6 Å². The van der Waals surface area contributed by atoms with E-state index < -0.39 is 6.10 Å². The van der Waals surface area contributed by atoms with E-state index in [4.69, 9.17) is 11.6 Å². The molecule has 1 unspecified atom stereocenters. The highest BCUT2D eigenvalue weighted by molar-refractivity contribution is 6.30. The minimum atomic E-state index is -0.486. The Morgan fingerprint density at radius 2 is 2.00 bits per heavy atom. The second-order valence-corrected chi connectivity index (χ2v) is 5.24. The predicted molar refractivity (Wildman–Crippen MR) is 71.4 cm³/mol. The van der Waals surface area contributed by atoms with Gasteiger partial charge in [-0.05, 0) is 12.3 Å². The summed E-state index contributed by atoms with van der Waals surface area (Å²) in [5.41, 5.74) is 1.74. The van der Waals surface area contributed by atoms with Gasteiger partial charge in [0.25, 0.3) is 0 Å². The fraction of sp³-hybridized carbons (Fsp3) is 0.769. The molecule has 0 aliphatic carbocycles. The minimum absolute atomic E-state index is 0.282. The Morgan fingerprint density at radius 3 is 2.53 bits per heavy atom. The molecule has 0 aromatic carbocycles. The molecule has 3 nitrogen and oxygen atoms in total. The van der Waals surface area contributed by atoms with Crippen LogP contribution in [0.5, 0.6) is 0 Å². The van der Waals surface area contributed by atoms with Crippen molar-refractivity contribution in [1.29, 1.82) is 0 Å². The fourth-order valence-corrected chi connectivity index (χ4v) is 2.27. The third-order valence-corrected chi connectivity index (χ3v) is 3.45. The second-order valence-electron chi connectivity index (χ2n) is 4.88. The molecule has 4 heteroatoms. The van der Waals surface area contributed by atoms with Gasteiger partial charge in [0.1, 0.15) is 5.15 Å². The van der Waals surface area contributed by atoms with Crippen molar-refractivity contribution < 1.29 is 5.11 Å². The van der Waals surface area contributed by atoms with Crippen LogP contribution in [0.2, 0.25) is 5.15 Å². The Bertz CT molecular complexity index is 361. The van der Waals surface area contributed by atoms with E-state index >= 15 is 0 Å². The first-order valence-corrected chi connectivity index (χ1v) is 6.77. The van der Waals surface area contributed by atoms with Crippen molar-refractivity contribution in [3.63, 3.8) is 0 Å². The zero-order chi connectivity index (χ0) is 13.0. The Hall–Kier alpha value is -0.540. The normalized spacial score (nSPS) is 13.4. The SMILES string of the molecule is CCCCCC(O)c1c(C(C)C)nn(C)c1Cl. The molecule has 98 valence electrons. The molecule has 0 aliphatic rings. The summed E-state index contributed by atoms with van der Waals surface area (Å²) in [5.74, 6) is 0.282. The number of aryl methyl sites for hydroxylation is 1. The lowest BCUT2D eigenvalue weighted by atomic mass is 9.99. The summed E-state index contributed by atoms with van der Waals surface area (Å²) in [7, 11) is 1.82. The summed E-state index contributed by atoms with van der Waals surface area (Å²) in [5, 5.41) is 15.2. The number of hydrogen-bond acceptors (Lipinski definition) is 2. The van der Waals surface area contributed by atoms with E-state index in [1.54, 1.807) is 4.68 Å². The third kappa shape index (κ3) is 3.46. The van der Waals surface area contributed by atoms with Gasteiger partial charge in [0.15, 0.2) is 0 Å². The molecule has 0 bridgehead atoms. The first-order valence-electron chi connectivity index (χ1n) is 6.39.